The van der Waals surface area contributed by atoms with E-state index in [1.54, 1.807) is 46.1 Å². The molecule has 1 aromatic rings. The minimum Gasteiger partial charge on any atom is -0.508 e. The zero-order valence-corrected chi connectivity index (χ0v) is 23.7. The zero-order chi connectivity index (χ0) is 30.3. The first-order valence-electron chi connectivity index (χ1n) is 12.8. The molecule has 40 heavy (non-hydrogen) atoms. The summed E-state index contributed by atoms with van der Waals surface area (Å²) in [6, 6.07) is 0.470. The summed E-state index contributed by atoms with van der Waals surface area (Å²) in [5, 5.41) is 48.8. The maximum Gasteiger partial charge on any atom is 0.255 e. The maximum atomic E-state index is 14.3. The van der Waals surface area contributed by atoms with E-state index in [2.05, 4.69) is 5.32 Å². The van der Waals surface area contributed by atoms with E-state index < -0.39 is 57.0 Å². The van der Waals surface area contributed by atoms with E-state index in [1.807, 2.05) is 0 Å². The van der Waals surface area contributed by atoms with Crippen molar-refractivity contribution >= 4 is 34.8 Å². The molecule has 4 rings (SSSR count). The summed E-state index contributed by atoms with van der Waals surface area (Å²) < 4.78 is 0. The van der Waals surface area contributed by atoms with Crippen LogP contribution in [0, 0.1) is 10.8 Å². The van der Waals surface area contributed by atoms with Crippen LogP contribution in [0.15, 0.2) is 23.0 Å². The molecule has 0 unspecified atom stereocenters. The number of phenolic OH excluding ortho intramolecular Hbond substituents is 1. The van der Waals surface area contributed by atoms with Crippen molar-refractivity contribution in [2.24, 2.45) is 16.6 Å². The van der Waals surface area contributed by atoms with Gasteiger partial charge in [0.2, 0.25) is 11.7 Å². The molecule has 1 saturated carbocycles. The van der Waals surface area contributed by atoms with Crippen LogP contribution in [-0.4, -0.2) is 88.5 Å². The van der Waals surface area contributed by atoms with Gasteiger partial charge in [0, 0.05) is 55.2 Å². The van der Waals surface area contributed by atoms with E-state index in [-0.39, 0.29) is 47.7 Å². The van der Waals surface area contributed by atoms with Crippen molar-refractivity contribution in [3.8, 4) is 5.75 Å². The van der Waals surface area contributed by atoms with Gasteiger partial charge in [-0.25, -0.2) is 0 Å². The number of amides is 2. The number of hydrogen-bond acceptors (Lipinski definition) is 10. The predicted molar refractivity (Wildman–Crippen MR) is 145 cm³/mol. The van der Waals surface area contributed by atoms with Crippen LogP contribution in [0.5, 0.6) is 5.75 Å². The van der Waals surface area contributed by atoms with Crippen molar-refractivity contribution < 1.29 is 39.6 Å². The van der Waals surface area contributed by atoms with Gasteiger partial charge in [-0.1, -0.05) is 13.8 Å². The Balaban J connectivity index is 2.07. The third-order valence-corrected chi connectivity index (χ3v) is 8.70. The van der Waals surface area contributed by atoms with Gasteiger partial charge in [-0.2, -0.15) is 0 Å². The summed E-state index contributed by atoms with van der Waals surface area (Å²) in [7, 11) is 6.66. The third kappa shape index (κ3) is 3.66. The summed E-state index contributed by atoms with van der Waals surface area (Å²) in [5.41, 5.74) is 0.107. The summed E-state index contributed by atoms with van der Waals surface area (Å²) in [6.45, 7) is 4.48. The Morgan fingerprint density at radius 2 is 1.73 bits per heavy atom. The Kier molecular flexibility index (Phi) is 6.59. The number of anilines is 1. The van der Waals surface area contributed by atoms with Gasteiger partial charge in [0.15, 0.2) is 11.4 Å². The lowest BCUT2D eigenvalue weighted by Gasteiger charge is -2.59. The van der Waals surface area contributed by atoms with Gasteiger partial charge in [0.25, 0.3) is 5.91 Å². The lowest BCUT2D eigenvalue weighted by atomic mass is 9.46. The first kappa shape index (κ1) is 29.1. The zero-order valence-electron chi connectivity index (χ0n) is 23.7. The lowest BCUT2D eigenvalue weighted by Crippen LogP contribution is -2.72. The fourth-order valence-corrected chi connectivity index (χ4v) is 7.18. The number of ketones is 2. The first-order valence-corrected chi connectivity index (χ1v) is 12.8. The highest BCUT2D eigenvalue weighted by Crippen LogP contribution is 2.63. The number of Topliss-reactive ketones (excluding diaryl/α,β-unsaturated/α-hetero) is 2. The number of aromatic hydroxyl groups is 1. The van der Waals surface area contributed by atoms with E-state index in [0.29, 0.717) is 11.3 Å². The summed E-state index contributed by atoms with van der Waals surface area (Å²) in [4.78, 5) is 54.9. The normalized spacial score (nSPS) is 29.7. The Hall–Kier alpha value is -3.90. The van der Waals surface area contributed by atoms with Gasteiger partial charge in [0.1, 0.15) is 22.8 Å². The summed E-state index contributed by atoms with van der Waals surface area (Å²) >= 11 is 0. The van der Waals surface area contributed by atoms with Gasteiger partial charge in [-0.15, -0.1) is 0 Å². The van der Waals surface area contributed by atoms with Gasteiger partial charge in [-0.05, 0) is 38.6 Å². The number of aliphatic hydroxyl groups is 3. The van der Waals surface area contributed by atoms with Crippen molar-refractivity contribution in [2.45, 2.75) is 51.8 Å². The molecule has 0 aromatic heterocycles. The van der Waals surface area contributed by atoms with E-state index >= 15 is 0 Å². The molecule has 1 aromatic carbocycles. The van der Waals surface area contributed by atoms with Crippen molar-refractivity contribution in [2.75, 3.05) is 33.1 Å². The van der Waals surface area contributed by atoms with Crippen LogP contribution in [0.4, 0.5) is 5.69 Å². The molecule has 1 fully saturated rings. The second-order valence-electron chi connectivity index (χ2n) is 12.0. The van der Waals surface area contributed by atoms with E-state index in [4.69, 9.17) is 5.73 Å². The number of rotatable bonds is 5. The molecule has 216 valence electrons. The molecule has 0 heterocycles. The van der Waals surface area contributed by atoms with Gasteiger partial charge in [-0.3, -0.25) is 24.1 Å². The maximum absolute atomic E-state index is 14.3. The van der Waals surface area contributed by atoms with E-state index in [0.717, 1.165) is 0 Å². The first-order chi connectivity index (χ1) is 18.3. The Morgan fingerprint density at radius 1 is 1.12 bits per heavy atom. The fourth-order valence-electron chi connectivity index (χ4n) is 7.18. The molecule has 7 N–H and O–H groups in total. The molecule has 0 saturated heterocycles. The molecule has 12 nitrogen and oxygen atoms in total. The molecule has 3 aliphatic rings. The minimum atomic E-state index is -2.78. The summed E-state index contributed by atoms with van der Waals surface area (Å²) in [5.74, 6) is -5.65. The van der Waals surface area contributed by atoms with Crippen LogP contribution in [0.1, 0.15) is 43.9 Å². The van der Waals surface area contributed by atoms with Gasteiger partial charge >= 0.3 is 0 Å². The smallest absolute Gasteiger partial charge is 0.255 e. The van der Waals surface area contributed by atoms with Crippen LogP contribution in [0.2, 0.25) is 0 Å². The van der Waals surface area contributed by atoms with Crippen molar-refractivity contribution in [3.63, 3.8) is 0 Å². The number of nitrogens with zero attached hydrogens (tertiary/aromatic N) is 2. The number of aliphatic hydroxyl groups excluding tert-OH is 2. The quantitative estimate of drug-likeness (QED) is 0.277. The molecule has 12 heteroatoms. The molecular weight excluding hydrogens is 520 g/mol. The largest absolute Gasteiger partial charge is 0.508 e. The van der Waals surface area contributed by atoms with Gasteiger partial charge in [0.05, 0.1) is 11.6 Å². The molecule has 0 spiro atoms. The van der Waals surface area contributed by atoms with Crippen LogP contribution in [0.3, 0.4) is 0 Å². The number of nitrogens with two attached hydrogens (primary N) is 1. The van der Waals surface area contributed by atoms with Crippen molar-refractivity contribution in [1.82, 2.24) is 10.2 Å². The molecule has 2 amide bonds. The van der Waals surface area contributed by atoms with Crippen LogP contribution in [0.25, 0.3) is 5.76 Å². The highest BCUT2D eigenvalue weighted by molar-refractivity contribution is 6.25. The average Bonchev–Trinajstić information content (AvgIpc) is 2.80. The van der Waals surface area contributed by atoms with Crippen LogP contribution < -0.4 is 16.0 Å². The standard InChI is InChI=1S/C28H36N4O8/c1-12(33)30-10-13-8-15(31(4)5)14-9-26(2)11-27(3)22(32(6)7)21(36)17(25(29)39)23(37)28(27,40)24(38)18(26)20(35)16(14)19(13)34/h8,22,34-35,37,40H,9-11H2,1-7H3,(H2,29,39)(H,30,33)/t22-,26+,27+,28-/m1/s1. The topological polar surface area (TPSA) is 194 Å². The monoisotopic (exact) mass is 556 g/mol. The molecular formula is C28H36N4O8. The van der Waals surface area contributed by atoms with Crippen molar-refractivity contribution in [3.05, 3.63) is 39.7 Å². The predicted octanol–water partition coefficient (Wildman–Crippen LogP) is 0.446. The average molecular weight is 557 g/mol. The molecule has 0 bridgehead atoms. The Labute approximate surface area is 231 Å². The number of carbonyl (C=O) groups excluding carboxylic acids is 4. The van der Waals surface area contributed by atoms with E-state index in [1.165, 1.54) is 18.7 Å². The molecule has 0 aliphatic heterocycles. The number of primary amides is 1. The number of phenols is 1. The SMILES string of the molecule is CC(=O)NCc1cc(N(C)C)c2c(c1O)C(O)=C1C(=O)[C@]3(O)C(O)=C(C(N)=O)C(=O)[C@@H](N(C)C)[C@]3(C)C[C@]1(C)C2. The van der Waals surface area contributed by atoms with E-state index in [9.17, 15) is 39.6 Å². The minimum absolute atomic E-state index is 0.0331. The molecule has 0 radical (unpaired) electrons. The molecule has 3 aliphatic carbocycles. The van der Waals surface area contributed by atoms with Crippen LogP contribution >= 0.6 is 0 Å². The Morgan fingerprint density at radius 3 is 2.23 bits per heavy atom. The number of fused-ring (bicyclic) bond motifs is 3. The third-order valence-electron chi connectivity index (χ3n) is 8.70. The summed E-state index contributed by atoms with van der Waals surface area (Å²) in [6.07, 6.45) is 0.0646. The highest BCUT2D eigenvalue weighted by Gasteiger charge is 2.72. The number of hydrogen-bond donors (Lipinski definition) is 6. The van der Waals surface area contributed by atoms with Gasteiger partial charge < -0.3 is 36.4 Å². The second-order valence-corrected chi connectivity index (χ2v) is 12.0. The molecule has 4 atom stereocenters. The number of nitrogens with one attached hydrogen (secondary N) is 1. The van der Waals surface area contributed by atoms with Crippen LogP contribution in [-0.2, 0) is 32.1 Å². The lowest BCUT2D eigenvalue weighted by molar-refractivity contribution is -0.176. The number of likely N-dealkylation sites (N-methyl/N-ethyl adjacent to an activating group) is 1. The number of carbonyl (C=O) groups is 4. The fraction of sp³-hybridized carbons (Fsp3) is 0.500. The highest BCUT2D eigenvalue weighted by atomic mass is 16.3. The van der Waals surface area contributed by atoms with Crippen molar-refractivity contribution in [1.29, 1.82) is 0 Å². The number of benzene rings is 1. The Bertz CT molecular complexity index is 1440. The second kappa shape index (κ2) is 9.07.